The van der Waals surface area contributed by atoms with Gasteiger partial charge >= 0.3 is 0 Å². The third-order valence-corrected chi connectivity index (χ3v) is 11.0. The molecule has 0 spiro atoms. The number of carbonyl (C=O) groups is 1. The molecule has 3 aromatic heterocycles. The number of aromatic nitrogens is 4. The Morgan fingerprint density at radius 2 is 1.80 bits per heavy atom. The Bertz CT molecular complexity index is 1900. The Hall–Kier alpha value is -4.20. The first-order valence-electron chi connectivity index (χ1n) is 17.6. The molecule has 272 valence electrons. The minimum absolute atomic E-state index is 0.00322. The van der Waals surface area contributed by atoms with Gasteiger partial charge in [-0.2, -0.15) is 8.42 Å². The number of amides is 1. The molecule has 1 amide bonds. The topological polar surface area (TPSA) is 149 Å². The van der Waals surface area contributed by atoms with E-state index < -0.39 is 21.0 Å². The SMILES string of the molecule is CC1(C)C[C@H](CCCNc2ccc(OCc3ccccc3)c(S(=O)(=O)NC(=O)c3ccc(-n4ccc(OCCC5CCCC5)n4)nc3Cl)n2)CN1. The van der Waals surface area contributed by atoms with E-state index in [-0.39, 0.29) is 28.6 Å². The Morgan fingerprint density at radius 3 is 2.55 bits per heavy atom. The van der Waals surface area contributed by atoms with Gasteiger partial charge < -0.3 is 20.1 Å². The molecular formula is C37H46ClN7O5S. The van der Waals surface area contributed by atoms with Crippen molar-refractivity contribution < 1.29 is 22.7 Å². The molecule has 1 saturated carbocycles. The van der Waals surface area contributed by atoms with Crippen molar-refractivity contribution in [3.05, 3.63) is 83.1 Å². The number of carbonyl (C=O) groups excluding carboxylic acids is 1. The van der Waals surface area contributed by atoms with Crippen LogP contribution < -0.4 is 24.8 Å². The Morgan fingerprint density at radius 1 is 1.00 bits per heavy atom. The van der Waals surface area contributed by atoms with E-state index in [0.717, 1.165) is 37.8 Å². The maximum atomic E-state index is 13.7. The normalized spacial score (nSPS) is 17.4. The number of hydrogen-bond donors (Lipinski definition) is 3. The van der Waals surface area contributed by atoms with Gasteiger partial charge in [-0.25, -0.2) is 19.4 Å². The van der Waals surface area contributed by atoms with E-state index in [0.29, 0.717) is 42.5 Å². The lowest BCUT2D eigenvalue weighted by Gasteiger charge is -2.17. The van der Waals surface area contributed by atoms with Gasteiger partial charge in [0.15, 0.2) is 11.6 Å². The van der Waals surface area contributed by atoms with E-state index in [2.05, 4.69) is 44.3 Å². The van der Waals surface area contributed by atoms with Crippen LogP contribution >= 0.6 is 11.6 Å². The van der Waals surface area contributed by atoms with E-state index in [1.807, 2.05) is 30.3 Å². The first-order chi connectivity index (χ1) is 24.5. The van der Waals surface area contributed by atoms with Crippen molar-refractivity contribution in [2.45, 2.75) is 82.4 Å². The summed E-state index contributed by atoms with van der Waals surface area (Å²) >= 11 is 6.43. The molecule has 6 rings (SSSR count). The van der Waals surface area contributed by atoms with Crippen LogP contribution in [-0.4, -0.2) is 59.3 Å². The van der Waals surface area contributed by atoms with Gasteiger partial charge in [-0.05, 0) is 87.7 Å². The third-order valence-electron chi connectivity index (χ3n) is 9.44. The van der Waals surface area contributed by atoms with Crippen LogP contribution in [0.5, 0.6) is 11.6 Å². The molecule has 4 aromatic rings. The maximum Gasteiger partial charge on any atom is 0.285 e. The standard InChI is InChI=1S/C37H46ClN7O5S/c1-37(2)23-28(24-40-37)13-8-20-39-31-16-15-30(50-25-27-11-4-3-5-12-27)36(41-31)51(47,48)44-35(46)29-14-17-32(42-34(29)38)45-21-18-33(43-45)49-22-19-26-9-6-7-10-26/h3-5,11-12,14-18,21,26,28,40H,6-10,13,19-20,22-25H2,1-2H3,(H,39,41)(H,44,46)/t28-/m0/s1. The predicted octanol–water partition coefficient (Wildman–Crippen LogP) is 6.55. The van der Waals surface area contributed by atoms with Gasteiger partial charge in [0.25, 0.3) is 15.9 Å². The molecule has 1 aliphatic heterocycles. The number of ether oxygens (including phenoxy) is 2. The summed E-state index contributed by atoms with van der Waals surface area (Å²) < 4.78 is 42.8. The molecule has 12 nitrogen and oxygen atoms in total. The van der Waals surface area contributed by atoms with Crippen molar-refractivity contribution in [3.8, 4) is 17.4 Å². The zero-order valence-corrected chi connectivity index (χ0v) is 30.7. The van der Waals surface area contributed by atoms with Gasteiger partial charge in [-0.3, -0.25) is 4.79 Å². The summed E-state index contributed by atoms with van der Waals surface area (Å²) in [6.07, 6.45) is 10.8. The summed E-state index contributed by atoms with van der Waals surface area (Å²) in [7, 11) is -4.52. The number of nitrogens with zero attached hydrogens (tertiary/aromatic N) is 4. The lowest BCUT2D eigenvalue weighted by atomic mass is 9.94. The lowest BCUT2D eigenvalue weighted by Crippen LogP contribution is -2.32. The molecule has 0 radical (unpaired) electrons. The van der Waals surface area contributed by atoms with E-state index in [1.165, 1.54) is 42.5 Å². The van der Waals surface area contributed by atoms with Crippen molar-refractivity contribution in [3.63, 3.8) is 0 Å². The van der Waals surface area contributed by atoms with Gasteiger partial charge in [-0.1, -0.05) is 67.6 Å². The van der Waals surface area contributed by atoms with Crippen molar-refractivity contribution in [1.82, 2.24) is 29.8 Å². The second kappa shape index (κ2) is 16.4. The van der Waals surface area contributed by atoms with Crippen molar-refractivity contribution >= 4 is 33.3 Å². The number of hydrogen-bond acceptors (Lipinski definition) is 10. The Kier molecular flexibility index (Phi) is 11.8. The molecule has 0 unspecified atom stereocenters. The number of sulfonamides is 1. The van der Waals surface area contributed by atoms with Crippen molar-refractivity contribution in [1.29, 1.82) is 0 Å². The average Bonchev–Trinajstić information content (AvgIpc) is 3.88. The molecule has 1 aromatic carbocycles. The minimum Gasteiger partial charge on any atom is -0.486 e. The molecule has 2 fully saturated rings. The Labute approximate surface area is 304 Å². The van der Waals surface area contributed by atoms with Crippen LogP contribution in [0.3, 0.4) is 0 Å². The van der Waals surface area contributed by atoms with Gasteiger partial charge in [0.05, 0.1) is 12.2 Å². The lowest BCUT2D eigenvalue weighted by molar-refractivity contribution is 0.0981. The highest BCUT2D eigenvalue weighted by Gasteiger charge is 2.30. The first kappa shape index (κ1) is 36.6. The summed E-state index contributed by atoms with van der Waals surface area (Å²) in [6, 6.07) is 17.2. The summed E-state index contributed by atoms with van der Waals surface area (Å²) in [5.41, 5.74) is 0.863. The second-order valence-corrected chi connectivity index (χ2v) is 16.0. The van der Waals surface area contributed by atoms with Gasteiger partial charge in [0, 0.05) is 24.3 Å². The molecule has 0 bridgehead atoms. The molecule has 3 N–H and O–H groups in total. The van der Waals surface area contributed by atoms with Crippen molar-refractivity contribution in [2.75, 3.05) is 25.0 Å². The van der Waals surface area contributed by atoms with Crippen LogP contribution in [-0.2, 0) is 16.6 Å². The number of rotatable bonds is 16. The van der Waals surface area contributed by atoms with Gasteiger partial charge in [0.1, 0.15) is 17.6 Å². The number of pyridine rings is 2. The average molecular weight is 736 g/mol. The van der Waals surface area contributed by atoms with Crippen LogP contribution in [0.1, 0.15) is 81.1 Å². The van der Waals surface area contributed by atoms with E-state index in [4.69, 9.17) is 21.1 Å². The fraction of sp³-hybridized carbons (Fsp3) is 0.459. The number of benzene rings is 1. The highest BCUT2D eigenvalue weighted by Crippen LogP contribution is 2.29. The molecule has 1 atom stereocenters. The smallest absolute Gasteiger partial charge is 0.285 e. The van der Waals surface area contributed by atoms with Crippen LogP contribution in [0.15, 0.2) is 71.9 Å². The molecule has 2 aliphatic rings. The van der Waals surface area contributed by atoms with Crippen LogP contribution in [0.2, 0.25) is 5.15 Å². The number of halogens is 1. The quantitative estimate of drug-likeness (QED) is 0.0854. The Balaban J connectivity index is 1.12. The summed E-state index contributed by atoms with van der Waals surface area (Å²) in [5.74, 6) is 1.50. The number of nitrogens with one attached hydrogen (secondary N) is 3. The molecule has 4 heterocycles. The highest BCUT2D eigenvalue weighted by atomic mass is 35.5. The van der Waals surface area contributed by atoms with Crippen LogP contribution in [0.4, 0.5) is 5.82 Å². The fourth-order valence-electron chi connectivity index (χ4n) is 6.75. The zero-order valence-electron chi connectivity index (χ0n) is 29.1. The highest BCUT2D eigenvalue weighted by molar-refractivity contribution is 7.90. The molecule has 51 heavy (non-hydrogen) atoms. The van der Waals surface area contributed by atoms with E-state index >= 15 is 0 Å². The van der Waals surface area contributed by atoms with Gasteiger partial charge in [0.2, 0.25) is 10.9 Å². The van der Waals surface area contributed by atoms with Gasteiger partial charge in [-0.15, -0.1) is 5.10 Å². The maximum absolute atomic E-state index is 13.7. The molecule has 1 saturated heterocycles. The largest absolute Gasteiger partial charge is 0.486 e. The fourth-order valence-corrected chi connectivity index (χ4v) is 8.05. The number of anilines is 1. The molecule has 14 heteroatoms. The molecule has 1 aliphatic carbocycles. The monoisotopic (exact) mass is 735 g/mol. The van der Waals surface area contributed by atoms with E-state index in [1.54, 1.807) is 24.4 Å². The predicted molar refractivity (Wildman–Crippen MR) is 196 cm³/mol. The zero-order chi connectivity index (χ0) is 35.8. The molecular weight excluding hydrogens is 690 g/mol. The summed E-state index contributed by atoms with van der Waals surface area (Å²) in [6.45, 7) is 6.71. The van der Waals surface area contributed by atoms with Crippen molar-refractivity contribution in [2.24, 2.45) is 11.8 Å². The van der Waals surface area contributed by atoms with Crippen LogP contribution in [0.25, 0.3) is 5.82 Å². The minimum atomic E-state index is -4.52. The van der Waals surface area contributed by atoms with Crippen LogP contribution in [0, 0.1) is 11.8 Å². The first-order valence-corrected chi connectivity index (χ1v) is 19.5. The third kappa shape index (κ3) is 9.99. The summed E-state index contributed by atoms with van der Waals surface area (Å²) in [4.78, 5) is 22.0. The van der Waals surface area contributed by atoms with E-state index in [9.17, 15) is 13.2 Å². The summed E-state index contributed by atoms with van der Waals surface area (Å²) in [5, 5.41) is 10.6. The second-order valence-electron chi connectivity index (χ2n) is 14.0.